The predicted octanol–water partition coefficient (Wildman–Crippen LogP) is 2.95. The van der Waals surface area contributed by atoms with Crippen LogP contribution in [-0.2, 0) is 11.0 Å². The van der Waals surface area contributed by atoms with E-state index in [0.717, 1.165) is 12.1 Å². The zero-order valence-electron chi connectivity index (χ0n) is 14.0. The first-order valence-electron chi connectivity index (χ1n) is 7.84. The lowest BCUT2D eigenvalue weighted by atomic mass is 10.0. The summed E-state index contributed by atoms with van der Waals surface area (Å²) in [6.45, 7) is 5.05. The van der Waals surface area contributed by atoms with Crippen LogP contribution in [0.4, 0.5) is 13.2 Å². The van der Waals surface area contributed by atoms with Crippen molar-refractivity contribution in [3.05, 3.63) is 34.9 Å². The molecule has 0 aromatic heterocycles. The number of alkyl halides is 3. The molecule has 7 heteroatoms. The number of aryl methyl sites for hydroxylation is 1. The fourth-order valence-electron chi connectivity index (χ4n) is 2.99. The van der Waals surface area contributed by atoms with Crippen LogP contribution in [0.5, 0.6) is 0 Å². The van der Waals surface area contributed by atoms with Crippen molar-refractivity contribution in [3.8, 4) is 0 Å². The monoisotopic (exact) mass is 342 g/mol. The zero-order chi connectivity index (χ0) is 18.1. The SMILES string of the molecule is CCN1C[C@H](CN(C)C(=O)c2cc(C(F)(F)F)ccc2C)CC1=O. The van der Waals surface area contributed by atoms with Crippen molar-refractivity contribution in [1.82, 2.24) is 9.80 Å². The lowest BCUT2D eigenvalue weighted by Crippen LogP contribution is -2.33. The molecule has 0 bridgehead atoms. The van der Waals surface area contributed by atoms with E-state index >= 15 is 0 Å². The summed E-state index contributed by atoms with van der Waals surface area (Å²) in [5, 5.41) is 0. The summed E-state index contributed by atoms with van der Waals surface area (Å²) in [5.74, 6) is -0.392. The highest BCUT2D eigenvalue weighted by Crippen LogP contribution is 2.31. The maximum absolute atomic E-state index is 12.8. The average molecular weight is 342 g/mol. The molecule has 0 N–H and O–H groups in total. The van der Waals surface area contributed by atoms with Crippen molar-refractivity contribution in [2.75, 3.05) is 26.7 Å². The van der Waals surface area contributed by atoms with Gasteiger partial charge < -0.3 is 9.80 Å². The van der Waals surface area contributed by atoms with Gasteiger partial charge in [0.1, 0.15) is 0 Å². The Balaban J connectivity index is 2.12. The van der Waals surface area contributed by atoms with Gasteiger partial charge in [0.15, 0.2) is 0 Å². The van der Waals surface area contributed by atoms with E-state index in [1.807, 2.05) is 6.92 Å². The Morgan fingerprint density at radius 2 is 2.04 bits per heavy atom. The lowest BCUT2D eigenvalue weighted by molar-refractivity contribution is -0.137. The van der Waals surface area contributed by atoms with E-state index < -0.39 is 17.6 Å². The Hall–Kier alpha value is -2.05. The Kier molecular flexibility index (Phi) is 5.20. The molecule has 1 saturated heterocycles. The minimum atomic E-state index is -4.49. The van der Waals surface area contributed by atoms with Crippen LogP contribution in [-0.4, -0.2) is 48.3 Å². The summed E-state index contributed by atoms with van der Waals surface area (Å²) in [5.41, 5.74) is -0.292. The van der Waals surface area contributed by atoms with Gasteiger partial charge in [-0.25, -0.2) is 0 Å². The molecule has 132 valence electrons. The summed E-state index contributed by atoms with van der Waals surface area (Å²) in [4.78, 5) is 27.4. The maximum atomic E-state index is 12.8. The van der Waals surface area contributed by atoms with E-state index in [4.69, 9.17) is 0 Å². The van der Waals surface area contributed by atoms with Gasteiger partial charge in [-0.2, -0.15) is 13.2 Å². The van der Waals surface area contributed by atoms with Crippen molar-refractivity contribution in [2.45, 2.75) is 26.4 Å². The predicted molar refractivity (Wildman–Crippen MR) is 83.5 cm³/mol. The molecule has 1 fully saturated rings. The molecule has 1 heterocycles. The second-order valence-corrected chi connectivity index (χ2v) is 6.22. The first kappa shape index (κ1) is 18.3. The van der Waals surface area contributed by atoms with Gasteiger partial charge >= 0.3 is 6.18 Å². The highest BCUT2D eigenvalue weighted by Gasteiger charge is 2.33. The highest BCUT2D eigenvalue weighted by molar-refractivity contribution is 5.95. The lowest BCUT2D eigenvalue weighted by Gasteiger charge is -2.22. The average Bonchev–Trinajstić information content (AvgIpc) is 2.85. The molecule has 1 aliphatic rings. The van der Waals surface area contributed by atoms with Crippen LogP contribution < -0.4 is 0 Å². The molecule has 1 aromatic carbocycles. The topological polar surface area (TPSA) is 40.6 Å². The van der Waals surface area contributed by atoms with Crippen LogP contribution in [0.3, 0.4) is 0 Å². The normalized spacial score (nSPS) is 18.2. The van der Waals surface area contributed by atoms with Crippen molar-refractivity contribution in [1.29, 1.82) is 0 Å². The third-order valence-electron chi connectivity index (χ3n) is 4.35. The Morgan fingerprint density at radius 3 is 2.58 bits per heavy atom. The molecule has 0 saturated carbocycles. The van der Waals surface area contributed by atoms with Gasteiger partial charge in [0.25, 0.3) is 5.91 Å². The van der Waals surface area contributed by atoms with Crippen LogP contribution >= 0.6 is 0 Å². The van der Waals surface area contributed by atoms with Gasteiger partial charge in [-0.05, 0) is 31.5 Å². The second kappa shape index (κ2) is 6.83. The van der Waals surface area contributed by atoms with Crippen molar-refractivity contribution < 1.29 is 22.8 Å². The smallest absolute Gasteiger partial charge is 0.343 e. The first-order valence-corrected chi connectivity index (χ1v) is 7.84. The van der Waals surface area contributed by atoms with Gasteiger partial charge in [0.05, 0.1) is 5.56 Å². The fraction of sp³-hybridized carbons (Fsp3) is 0.529. The first-order chi connectivity index (χ1) is 11.1. The largest absolute Gasteiger partial charge is 0.416 e. The number of hydrogen-bond donors (Lipinski definition) is 0. The molecule has 0 unspecified atom stereocenters. The number of nitrogens with zero attached hydrogens (tertiary/aromatic N) is 2. The molecule has 0 spiro atoms. The standard InChI is InChI=1S/C17H21F3N2O2/c1-4-22-10-12(7-15(22)23)9-21(3)16(24)14-8-13(17(18,19)20)6-5-11(14)2/h5-6,8,12H,4,7,9-10H2,1-3H3/t12-/m0/s1. The van der Waals surface area contributed by atoms with Gasteiger partial charge in [0, 0.05) is 44.6 Å². The number of hydrogen-bond acceptors (Lipinski definition) is 2. The van der Waals surface area contributed by atoms with Crippen molar-refractivity contribution in [2.24, 2.45) is 5.92 Å². The molecular weight excluding hydrogens is 321 g/mol. The van der Waals surface area contributed by atoms with E-state index in [1.54, 1.807) is 18.9 Å². The van der Waals surface area contributed by atoms with E-state index in [0.29, 0.717) is 31.6 Å². The summed E-state index contributed by atoms with van der Waals surface area (Å²) in [6.07, 6.45) is -4.12. The quantitative estimate of drug-likeness (QED) is 0.844. The maximum Gasteiger partial charge on any atom is 0.416 e. The third kappa shape index (κ3) is 3.88. The highest BCUT2D eigenvalue weighted by atomic mass is 19.4. The zero-order valence-corrected chi connectivity index (χ0v) is 14.0. The van der Waals surface area contributed by atoms with Gasteiger partial charge in [-0.1, -0.05) is 6.07 Å². The van der Waals surface area contributed by atoms with Gasteiger partial charge in [-0.15, -0.1) is 0 Å². The fourth-order valence-corrected chi connectivity index (χ4v) is 2.99. The van der Waals surface area contributed by atoms with Crippen molar-refractivity contribution in [3.63, 3.8) is 0 Å². The van der Waals surface area contributed by atoms with E-state index in [1.165, 1.54) is 11.0 Å². The Bertz CT molecular complexity index is 643. The molecule has 1 aliphatic heterocycles. The van der Waals surface area contributed by atoms with Gasteiger partial charge in [-0.3, -0.25) is 9.59 Å². The summed E-state index contributed by atoms with van der Waals surface area (Å²) < 4.78 is 38.5. The molecule has 0 aliphatic carbocycles. The molecule has 24 heavy (non-hydrogen) atoms. The summed E-state index contributed by atoms with van der Waals surface area (Å²) in [6, 6.07) is 3.18. The Morgan fingerprint density at radius 1 is 1.38 bits per heavy atom. The number of carbonyl (C=O) groups is 2. The number of amides is 2. The molecule has 1 aromatic rings. The number of likely N-dealkylation sites (tertiary alicyclic amines) is 1. The van der Waals surface area contributed by atoms with E-state index in [2.05, 4.69) is 0 Å². The second-order valence-electron chi connectivity index (χ2n) is 6.22. The number of benzene rings is 1. The number of carbonyl (C=O) groups excluding carboxylic acids is 2. The van der Waals surface area contributed by atoms with E-state index in [9.17, 15) is 22.8 Å². The molecule has 4 nitrogen and oxygen atoms in total. The minimum absolute atomic E-state index is 0.0116. The van der Waals surface area contributed by atoms with Crippen LogP contribution in [0.2, 0.25) is 0 Å². The summed E-state index contributed by atoms with van der Waals surface area (Å²) >= 11 is 0. The minimum Gasteiger partial charge on any atom is -0.343 e. The van der Waals surface area contributed by atoms with Crippen LogP contribution in [0, 0.1) is 12.8 Å². The third-order valence-corrected chi connectivity index (χ3v) is 4.35. The van der Waals surface area contributed by atoms with Gasteiger partial charge in [0.2, 0.25) is 5.91 Å². The van der Waals surface area contributed by atoms with E-state index in [-0.39, 0.29) is 17.4 Å². The number of rotatable bonds is 4. The Labute approximate surface area is 139 Å². The molecule has 1 atom stereocenters. The van der Waals surface area contributed by atoms with Crippen LogP contribution in [0.25, 0.3) is 0 Å². The number of halogens is 3. The molecule has 0 radical (unpaired) electrons. The summed E-state index contributed by atoms with van der Waals surface area (Å²) in [7, 11) is 1.56. The van der Waals surface area contributed by atoms with Crippen molar-refractivity contribution >= 4 is 11.8 Å². The van der Waals surface area contributed by atoms with Crippen LogP contribution in [0.1, 0.15) is 34.8 Å². The molecule has 2 amide bonds. The van der Waals surface area contributed by atoms with Crippen LogP contribution in [0.15, 0.2) is 18.2 Å². The molecule has 2 rings (SSSR count). The molecular formula is C17H21F3N2O2.